The quantitative estimate of drug-likeness (QED) is 0.769. The Labute approximate surface area is 90.6 Å². The third-order valence-corrected chi connectivity index (χ3v) is 3.11. The van der Waals surface area contributed by atoms with Crippen LogP contribution in [0, 0.1) is 0 Å². The molecule has 0 amide bonds. The Balaban J connectivity index is 2.23. The van der Waals surface area contributed by atoms with Gasteiger partial charge in [-0.15, -0.1) is 0 Å². The van der Waals surface area contributed by atoms with Crippen LogP contribution in [0.5, 0.6) is 0 Å². The molecule has 2 nitrogen and oxygen atoms in total. The Bertz CT molecular complexity index is 336. The first-order chi connectivity index (χ1) is 7.24. The van der Waals surface area contributed by atoms with Crippen LogP contribution in [0.15, 0.2) is 30.8 Å². The monoisotopic (exact) mass is 203 g/mol. The molecular weight excluding hydrogens is 186 g/mol. The fourth-order valence-electron chi connectivity index (χ4n) is 2.06. The molecule has 2 N–H and O–H groups in total. The predicted molar refractivity (Wildman–Crippen MR) is 62.5 cm³/mol. The van der Waals surface area contributed by atoms with Crippen LogP contribution in [0.2, 0.25) is 0 Å². The van der Waals surface area contributed by atoms with Crippen LogP contribution in [-0.2, 0) is 5.60 Å². The van der Waals surface area contributed by atoms with Crippen molar-refractivity contribution in [3.05, 3.63) is 42.0 Å². The highest BCUT2D eigenvalue weighted by molar-refractivity contribution is 5.47. The summed E-state index contributed by atoms with van der Waals surface area (Å²) in [5.41, 5.74) is 1.48. The van der Waals surface area contributed by atoms with Crippen LogP contribution < -0.4 is 5.32 Å². The fourth-order valence-corrected chi connectivity index (χ4v) is 2.06. The Morgan fingerprint density at radius 2 is 1.80 bits per heavy atom. The van der Waals surface area contributed by atoms with E-state index in [4.69, 9.17) is 0 Å². The summed E-state index contributed by atoms with van der Waals surface area (Å²) < 4.78 is 0. The summed E-state index contributed by atoms with van der Waals surface area (Å²) in [7, 11) is 0. The summed E-state index contributed by atoms with van der Waals surface area (Å²) in [6.07, 6.45) is 3.40. The summed E-state index contributed by atoms with van der Waals surface area (Å²) in [4.78, 5) is 0. The molecule has 1 saturated heterocycles. The second-order valence-corrected chi connectivity index (χ2v) is 4.11. The molecule has 0 unspecified atom stereocenters. The lowest BCUT2D eigenvalue weighted by molar-refractivity contribution is 0.00594. The Hall–Kier alpha value is -1.12. The van der Waals surface area contributed by atoms with Gasteiger partial charge in [0.25, 0.3) is 0 Å². The molecule has 0 aliphatic carbocycles. The first-order valence-electron chi connectivity index (χ1n) is 5.41. The lowest BCUT2D eigenvalue weighted by Crippen LogP contribution is -2.39. The zero-order valence-electron chi connectivity index (χ0n) is 8.87. The van der Waals surface area contributed by atoms with Gasteiger partial charge in [-0.1, -0.05) is 36.9 Å². The van der Waals surface area contributed by atoms with Crippen molar-refractivity contribution in [1.29, 1.82) is 0 Å². The molecule has 1 aliphatic rings. The SMILES string of the molecule is C=Cc1ccc(C2(O)CCNCC2)cc1. The molecule has 80 valence electrons. The molecule has 1 aromatic rings. The van der Waals surface area contributed by atoms with Gasteiger partial charge in [0.15, 0.2) is 0 Å². The smallest absolute Gasteiger partial charge is 0.0920 e. The van der Waals surface area contributed by atoms with Crippen molar-refractivity contribution in [2.24, 2.45) is 0 Å². The van der Waals surface area contributed by atoms with E-state index in [0.29, 0.717) is 0 Å². The largest absolute Gasteiger partial charge is 0.385 e. The van der Waals surface area contributed by atoms with Crippen LogP contribution >= 0.6 is 0 Å². The maximum absolute atomic E-state index is 10.4. The van der Waals surface area contributed by atoms with Gasteiger partial charge in [0.1, 0.15) is 0 Å². The van der Waals surface area contributed by atoms with E-state index in [1.807, 2.05) is 30.3 Å². The highest BCUT2D eigenvalue weighted by Crippen LogP contribution is 2.30. The molecular formula is C13H17NO. The van der Waals surface area contributed by atoms with E-state index in [-0.39, 0.29) is 0 Å². The van der Waals surface area contributed by atoms with Crippen molar-refractivity contribution in [1.82, 2.24) is 5.32 Å². The van der Waals surface area contributed by atoms with Gasteiger partial charge < -0.3 is 10.4 Å². The van der Waals surface area contributed by atoms with Crippen molar-refractivity contribution in [2.75, 3.05) is 13.1 Å². The highest BCUT2D eigenvalue weighted by atomic mass is 16.3. The van der Waals surface area contributed by atoms with Crippen molar-refractivity contribution < 1.29 is 5.11 Å². The van der Waals surface area contributed by atoms with Gasteiger partial charge in [-0.2, -0.15) is 0 Å². The first kappa shape index (κ1) is 10.4. The van der Waals surface area contributed by atoms with Gasteiger partial charge in [0.2, 0.25) is 0 Å². The summed E-state index contributed by atoms with van der Waals surface area (Å²) >= 11 is 0. The summed E-state index contributed by atoms with van der Waals surface area (Å²) in [5.74, 6) is 0. The number of piperidine rings is 1. The molecule has 1 aliphatic heterocycles. The van der Waals surface area contributed by atoms with Gasteiger partial charge in [-0.05, 0) is 37.1 Å². The fraction of sp³-hybridized carbons (Fsp3) is 0.385. The third-order valence-electron chi connectivity index (χ3n) is 3.11. The Kier molecular flexibility index (Phi) is 2.89. The molecule has 0 radical (unpaired) electrons. The zero-order valence-corrected chi connectivity index (χ0v) is 8.87. The number of hydrogen-bond donors (Lipinski definition) is 2. The number of benzene rings is 1. The zero-order chi connectivity index (χ0) is 10.7. The number of rotatable bonds is 2. The predicted octanol–water partition coefficient (Wildman–Crippen LogP) is 1.90. The molecule has 0 spiro atoms. The Morgan fingerprint density at radius 1 is 1.20 bits per heavy atom. The van der Waals surface area contributed by atoms with Crippen molar-refractivity contribution in [2.45, 2.75) is 18.4 Å². The number of hydrogen-bond acceptors (Lipinski definition) is 2. The normalized spacial score (nSPS) is 19.8. The summed E-state index contributed by atoms with van der Waals surface area (Å²) in [5, 5.41) is 13.7. The maximum atomic E-state index is 10.4. The van der Waals surface area contributed by atoms with Crippen molar-refractivity contribution in [3.63, 3.8) is 0 Å². The second kappa shape index (κ2) is 4.17. The van der Waals surface area contributed by atoms with Crippen molar-refractivity contribution in [3.8, 4) is 0 Å². The van der Waals surface area contributed by atoms with Crippen molar-refractivity contribution >= 4 is 6.08 Å². The molecule has 1 heterocycles. The molecule has 0 atom stereocenters. The summed E-state index contributed by atoms with van der Waals surface area (Å²) in [6.45, 7) is 5.50. The van der Waals surface area contributed by atoms with E-state index in [2.05, 4.69) is 11.9 Å². The maximum Gasteiger partial charge on any atom is 0.0920 e. The first-order valence-corrected chi connectivity index (χ1v) is 5.41. The van der Waals surface area contributed by atoms with E-state index in [1.54, 1.807) is 0 Å². The lowest BCUT2D eigenvalue weighted by atomic mass is 9.85. The highest BCUT2D eigenvalue weighted by Gasteiger charge is 2.30. The van der Waals surface area contributed by atoms with Crippen LogP contribution in [0.1, 0.15) is 24.0 Å². The minimum Gasteiger partial charge on any atom is -0.385 e. The second-order valence-electron chi connectivity index (χ2n) is 4.11. The number of nitrogens with one attached hydrogen (secondary N) is 1. The molecule has 2 rings (SSSR count). The van der Waals surface area contributed by atoms with E-state index >= 15 is 0 Å². The molecule has 0 bridgehead atoms. The molecule has 0 saturated carbocycles. The van der Waals surface area contributed by atoms with Crippen LogP contribution in [-0.4, -0.2) is 18.2 Å². The van der Waals surface area contributed by atoms with E-state index < -0.39 is 5.60 Å². The standard InChI is InChI=1S/C13H17NO/c1-2-11-3-5-12(6-4-11)13(15)7-9-14-10-8-13/h2-6,14-15H,1,7-10H2. The third kappa shape index (κ3) is 2.11. The summed E-state index contributed by atoms with van der Waals surface area (Å²) in [6, 6.07) is 8.01. The van der Waals surface area contributed by atoms with Gasteiger partial charge in [0.05, 0.1) is 5.60 Å². The van der Waals surface area contributed by atoms with Gasteiger partial charge >= 0.3 is 0 Å². The molecule has 2 heteroatoms. The molecule has 0 aromatic heterocycles. The lowest BCUT2D eigenvalue weighted by Gasteiger charge is -2.33. The molecule has 15 heavy (non-hydrogen) atoms. The van der Waals surface area contributed by atoms with Gasteiger partial charge in [0, 0.05) is 0 Å². The van der Waals surface area contributed by atoms with E-state index in [1.165, 1.54) is 0 Å². The average Bonchev–Trinajstić information content (AvgIpc) is 2.30. The van der Waals surface area contributed by atoms with Crippen LogP contribution in [0.25, 0.3) is 6.08 Å². The number of aliphatic hydroxyl groups is 1. The molecule has 1 fully saturated rings. The molecule has 1 aromatic carbocycles. The minimum atomic E-state index is -0.634. The Morgan fingerprint density at radius 3 is 2.33 bits per heavy atom. The van der Waals surface area contributed by atoms with Gasteiger partial charge in [-0.3, -0.25) is 0 Å². The van der Waals surface area contributed by atoms with Gasteiger partial charge in [-0.25, -0.2) is 0 Å². The van der Waals surface area contributed by atoms with E-state index in [9.17, 15) is 5.11 Å². The van der Waals surface area contributed by atoms with Crippen LogP contribution in [0.3, 0.4) is 0 Å². The average molecular weight is 203 g/mol. The van der Waals surface area contributed by atoms with E-state index in [0.717, 1.165) is 37.1 Å². The topological polar surface area (TPSA) is 32.3 Å². The minimum absolute atomic E-state index is 0.634. The van der Waals surface area contributed by atoms with Crippen LogP contribution in [0.4, 0.5) is 0 Å².